The number of carbonyl (C=O) groups is 2. The van der Waals surface area contributed by atoms with Gasteiger partial charge >= 0.3 is 12.2 Å². The van der Waals surface area contributed by atoms with E-state index in [4.69, 9.17) is 10.6 Å². The van der Waals surface area contributed by atoms with E-state index in [-0.39, 0.29) is 45.6 Å². The number of urea groups is 1. The standard InChI is InChI=1S/C21H22F3N7O4S/c1-3-26-20(34)30-16-5-13(19-29-15(9-36-19)21(22,23)24)14(7-27-16)12-4-11(17(33)31-25)6-28-18(12)35-8-10(2)32/h4-7,9-10,32H,3,8,25H2,1-2H3,(H,31,33)(H2,26,27,30,34)/t10-/m1/s1. The van der Waals surface area contributed by atoms with Crippen LogP contribution in [0.5, 0.6) is 5.88 Å². The molecule has 0 aliphatic rings. The molecule has 3 heterocycles. The molecular formula is C21H22F3N7O4S. The van der Waals surface area contributed by atoms with E-state index in [0.717, 1.165) is 16.7 Å². The number of nitrogens with two attached hydrogens (primary N) is 1. The smallest absolute Gasteiger partial charge is 0.434 e. The third-order valence-electron chi connectivity index (χ3n) is 4.50. The number of nitrogens with zero attached hydrogens (tertiary/aromatic N) is 3. The molecule has 0 aromatic carbocycles. The molecule has 192 valence electrons. The van der Waals surface area contributed by atoms with Crippen molar-refractivity contribution in [3.05, 3.63) is 41.2 Å². The maximum atomic E-state index is 13.3. The number of aliphatic hydroxyl groups excluding tert-OH is 1. The van der Waals surface area contributed by atoms with E-state index in [1.165, 1.54) is 31.5 Å². The van der Waals surface area contributed by atoms with Gasteiger partial charge in [0.25, 0.3) is 5.91 Å². The molecule has 0 fully saturated rings. The number of halogens is 3. The summed E-state index contributed by atoms with van der Waals surface area (Å²) >= 11 is 0.728. The van der Waals surface area contributed by atoms with Crippen LogP contribution >= 0.6 is 11.3 Å². The molecule has 0 spiro atoms. The highest BCUT2D eigenvalue weighted by atomic mass is 32.1. The highest BCUT2D eigenvalue weighted by molar-refractivity contribution is 7.13. The van der Waals surface area contributed by atoms with Crippen LogP contribution in [0.4, 0.5) is 23.8 Å². The summed E-state index contributed by atoms with van der Waals surface area (Å²) in [5.41, 5.74) is 1.45. The van der Waals surface area contributed by atoms with Gasteiger partial charge in [0.05, 0.1) is 11.7 Å². The molecular weight excluding hydrogens is 503 g/mol. The third kappa shape index (κ3) is 6.44. The van der Waals surface area contributed by atoms with Crippen LogP contribution in [0.25, 0.3) is 21.7 Å². The maximum absolute atomic E-state index is 13.3. The van der Waals surface area contributed by atoms with Gasteiger partial charge in [-0.2, -0.15) is 13.2 Å². The van der Waals surface area contributed by atoms with Crippen molar-refractivity contribution in [1.82, 2.24) is 25.7 Å². The van der Waals surface area contributed by atoms with Gasteiger partial charge in [0, 0.05) is 41.0 Å². The number of thiazole rings is 1. The summed E-state index contributed by atoms with van der Waals surface area (Å²) in [4.78, 5) is 36.1. The number of amides is 3. The fourth-order valence-electron chi connectivity index (χ4n) is 2.93. The van der Waals surface area contributed by atoms with Crippen molar-refractivity contribution in [1.29, 1.82) is 0 Å². The lowest BCUT2D eigenvalue weighted by molar-refractivity contribution is -0.140. The normalized spacial score (nSPS) is 12.1. The number of carbonyl (C=O) groups excluding carboxylic acids is 2. The molecule has 6 N–H and O–H groups in total. The zero-order valence-electron chi connectivity index (χ0n) is 19.0. The van der Waals surface area contributed by atoms with Gasteiger partial charge in [0.2, 0.25) is 5.88 Å². The number of aromatic nitrogens is 3. The highest BCUT2D eigenvalue weighted by Gasteiger charge is 2.34. The van der Waals surface area contributed by atoms with Crippen molar-refractivity contribution in [2.24, 2.45) is 5.84 Å². The van der Waals surface area contributed by atoms with Gasteiger partial charge in [-0.05, 0) is 26.0 Å². The Morgan fingerprint density at radius 1 is 1.19 bits per heavy atom. The fraction of sp³-hybridized carbons (Fsp3) is 0.286. The molecule has 0 aliphatic carbocycles. The maximum Gasteiger partial charge on any atom is 0.434 e. The first kappa shape index (κ1) is 26.8. The topological polar surface area (TPSA) is 164 Å². The molecule has 3 aromatic heterocycles. The van der Waals surface area contributed by atoms with Gasteiger partial charge in [-0.15, -0.1) is 11.3 Å². The first-order chi connectivity index (χ1) is 17.0. The second-order valence-corrected chi connectivity index (χ2v) is 8.20. The van der Waals surface area contributed by atoms with Gasteiger partial charge in [-0.1, -0.05) is 0 Å². The van der Waals surface area contributed by atoms with E-state index < -0.39 is 29.9 Å². The molecule has 11 nitrogen and oxygen atoms in total. The van der Waals surface area contributed by atoms with Crippen LogP contribution < -0.4 is 26.6 Å². The molecule has 3 amide bonds. The lowest BCUT2D eigenvalue weighted by atomic mass is 10.0. The monoisotopic (exact) mass is 525 g/mol. The first-order valence-electron chi connectivity index (χ1n) is 10.4. The lowest BCUT2D eigenvalue weighted by Crippen LogP contribution is -2.30. The van der Waals surface area contributed by atoms with E-state index in [0.29, 0.717) is 6.54 Å². The molecule has 0 saturated heterocycles. The summed E-state index contributed by atoms with van der Waals surface area (Å²) in [5, 5.41) is 15.5. The van der Waals surface area contributed by atoms with E-state index in [1.54, 1.807) is 6.92 Å². The molecule has 1 atom stereocenters. The van der Waals surface area contributed by atoms with Crippen molar-refractivity contribution >= 4 is 29.1 Å². The number of nitrogen functional groups attached to an aromatic ring is 1. The number of hydrazine groups is 1. The zero-order chi connectivity index (χ0) is 26.5. The first-order valence-corrected chi connectivity index (χ1v) is 11.3. The Morgan fingerprint density at radius 3 is 2.56 bits per heavy atom. The van der Waals surface area contributed by atoms with Crippen LogP contribution in [0.1, 0.15) is 29.9 Å². The number of hydrogen-bond donors (Lipinski definition) is 5. The quantitative estimate of drug-likeness (QED) is 0.170. The van der Waals surface area contributed by atoms with Crippen molar-refractivity contribution in [2.75, 3.05) is 18.5 Å². The summed E-state index contributed by atoms with van der Waals surface area (Å²) in [7, 11) is 0. The van der Waals surface area contributed by atoms with Gasteiger partial charge in [0.1, 0.15) is 17.4 Å². The minimum atomic E-state index is -4.67. The number of hydrogen-bond acceptors (Lipinski definition) is 9. The van der Waals surface area contributed by atoms with Crippen LogP contribution in [0, 0.1) is 0 Å². The molecule has 0 bridgehead atoms. The number of rotatable bonds is 8. The number of ether oxygens (including phenoxy) is 1. The van der Waals surface area contributed by atoms with Crippen molar-refractivity contribution < 1.29 is 32.6 Å². The van der Waals surface area contributed by atoms with Gasteiger partial charge in [-0.3, -0.25) is 15.5 Å². The Balaban J connectivity index is 2.21. The van der Waals surface area contributed by atoms with E-state index in [1.807, 2.05) is 5.43 Å². The molecule has 0 saturated carbocycles. The molecule has 15 heteroatoms. The Labute approximate surface area is 206 Å². The summed E-state index contributed by atoms with van der Waals surface area (Å²) in [6, 6.07) is 2.14. The van der Waals surface area contributed by atoms with Crippen LogP contribution in [0.3, 0.4) is 0 Å². The van der Waals surface area contributed by atoms with Crippen LogP contribution in [0.2, 0.25) is 0 Å². The summed E-state index contributed by atoms with van der Waals surface area (Å²) in [6.45, 7) is 3.38. The minimum absolute atomic E-state index is 0.0236. The average Bonchev–Trinajstić information content (AvgIpc) is 3.33. The Bertz CT molecular complexity index is 1250. The highest BCUT2D eigenvalue weighted by Crippen LogP contribution is 2.40. The second kappa shape index (κ2) is 11.3. The van der Waals surface area contributed by atoms with Gasteiger partial charge < -0.3 is 15.2 Å². The Morgan fingerprint density at radius 2 is 1.94 bits per heavy atom. The van der Waals surface area contributed by atoms with Crippen LogP contribution in [-0.2, 0) is 6.18 Å². The molecule has 0 radical (unpaired) electrons. The molecule has 0 aliphatic heterocycles. The predicted octanol–water partition coefficient (Wildman–Crippen LogP) is 2.79. The number of nitrogens with one attached hydrogen (secondary N) is 3. The van der Waals surface area contributed by atoms with E-state index >= 15 is 0 Å². The Kier molecular flexibility index (Phi) is 8.39. The summed E-state index contributed by atoms with van der Waals surface area (Å²) < 4.78 is 45.3. The molecule has 3 aromatic rings. The van der Waals surface area contributed by atoms with Gasteiger partial charge in [0.15, 0.2) is 5.69 Å². The minimum Gasteiger partial charge on any atom is -0.474 e. The van der Waals surface area contributed by atoms with Crippen molar-refractivity contribution in [3.8, 4) is 27.6 Å². The van der Waals surface area contributed by atoms with E-state index in [9.17, 15) is 27.9 Å². The second-order valence-electron chi connectivity index (χ2n) is 7.35. The van der Waals surface area contributed by atoms with E-state index in [2.05, 4.69) is 25.6 Å². The summed E-state index contributed by atoms with van der Waals surface area (Å²) in [6.07, 6.45) is -3.06. The largest absolute Gasteiger partial charge is 0.474 e. The number of alkyl halides is 3. The predicted molar refractivity (Wildman–Crippen MR) is 125 cm³/mol. The SMILES string of the molecule is CCNC(=O)Nc1cc(-c2nc(C(F)(F)F)cs2)c(-c2cc(C(=O)NN)cnc2OC[C@@H](C)O)cn1. The zero-order valence-corrected chi connectivity index (χ0v) is 19.8. The number of aliphatic hydroxyl groups is 1. The average molecular weight is 526 g/mol. The molecule has 0 unspecified atom stereocenters. The number of anilines is 1. The molecule has 3 rings (SSSR count). The van der Waals surface area contributed by atoms with Crippen molar-refractivity contribution in [2.45, 2.75) is 26.1 Å². The fourth-order valence-corrected chi connectivity index (χ4v) is 3.79. The lowest BCUT2D eigenvalue weighted by Gasteiger charge is -2.16. The third-order valence-corrected chi connectivity index (χ3v) is 5.38. The van der Waals surface area contributed by atoms with Crippen molar-refractivity contribution in [3.63, 3.8) is 0 Å². The summed E-state index contributed by atoms with van der Waals surface area (Å²) in [5.74, 6) is 4.56. The molecule has 36 heavy (non-hydrogen) atoms. The Hall–Kier alpha value is -3.82. The van der Waals surface area contributed by atoms with Gasteiger partial charge in [-0.25, -0.2) is 25.6 Å². The van der Waals surface area contributed by atoms with Crippen LogP contribution in [0.15, 0.2) is 29.9 Å². The number of pyridine rings is 2. The van der Waals surface area contributed by atoms with Crippen LogP contribution in [-0.4, -0.2) is 51.3 Å².